The number of esters is 2. The van der Waals surface area contributed by atoms with Crippen LogP contribution in [-0.4, -0.2) is 48.9 Å². The Balaban J connectivity index is 0.000000468. The first-order valence-electron chi connectivity index (χ1n) is 6.38. The van der Waals surface area contributed by atoms with Gasteiger partial charge in [-0.05, 0) is 30.7 Å². The Bertz CT molecular complexity index is 577. The number of carboxylic acids is 1. The van der Waals surface area contributed by atoms with Crippen LogP contribution >= 0.6 is 0 Å². The SMILES string of the molecule is CCOC(=O)C(=O)OC.COc1cc(/C=C/C(=O)O)ccc1O. The van der Waals surface area contributed by atoms with Crippen molar-refractivity contribution < 1.29 is 38.8 Å². The zero-order valence-corrected chi connectivity index (χ0v) is 12.9. The molecule has 1 aromatic rings. The molecule has 1 aromatic carbocycles. The molecule has 126 valence electrons. The van der Waals surface area contributed by atoms with Gasteiger partial charge in [-0.15, -0.1) is 0 Å². The van der Waals surface area contributed by atoms with E-state index in [1.165, 1.54) is 19.3 Å². The molecule has 0 aliphatic heterocycles. The molecule has 8 nitrogen and oxygen atoms in total. The number of hydrogen-bond donors (Lipinski definition) is 2. The highest BCUT2D eigenvalue weighted by Gasteiger charge is 2.13. The molecule has 0 atom stereocenters. The van der Waals surface area contributed by atoms with Gasteiger partial charge >= 0.3 is 17.9 Å². The maximum absolute atomic E-state index is 10.3. The highest BCUT2D eigenvalue weighted by Crippen LogP contribution is 2.26. The number of carbonyl (C=O) groups excluding carboxylic acids is 2. The molecule has 0 fully saturated rings. The Morgan fingerprint density at radius 3 is 2.30 bits per heavy atom. The van der Waals surface area contributed by atoms with Gasteiger partial charge in [-0.3, -0.25) is 0 Å². The molecule has 2 N–H and O–H groups in total. The molecule has 0 saturated carbocycles. The molecule has 0 unspecified atom stereocenters. The second-order valence-corrected chi connectivity index (χ2v) is 3.81. The quantitative estimate of drug-likeness (QED) is 0.481. The normalized spacial score (nSPS) is 9.52. The highest BCUT2D eigenvalue weighted by molar-refractivity contribution is 6.29. The number of aliphatic carboxylic acids is 1. The zero-order valence-electron chi connectivity index (χ0n) is 12.9. The fraction of sp³-hybridized carbons (Fsp3) is 0.267. The Morgan fingerprint density at radius 2 is 1.83 bits per heavy atom. The first-order chi connectivity index (χ1) is 10.8. The van der Waals surface area contributed by atoms with Crippen molar-refractivity contribution in [2.75, 3.05) is 20.8 Å². The van der Waals surface area contributed by atoms with Gasteiger partial charge in [0.1, 0.15) is 0 Å². The molecular weight excluding hydrogens is 308 g/mol. The third-order valence-corrected chi connectivity index (χ3v) is 2.25. The number of aromatic hydroxyl groups is 1. The first-order valence-corrected chi connectivity index (χ1v) is 6.38. The van der Waals surface area contributed by atoms with Crippen LogP contribution < -0.4 is 4.74 Å². The van der Waals surface area contributed by atoms with E-state index in [0.717, 1.165) is 13.2 Å². The van der Waals surface area contributed by atoms with E-state index in [1.54, 1.807) is 19.1 Å². The first kappa shape index (κ1) is 20.0. The van der Waals surface area contributed by atoms with Crippen molar-refractivity contribution in [2.45, 2.75) is 6.92 Å². The number of benzene rings is 1. The molecule has 0 heterocycles. The van der Waals surface area contributed by atoms with Crippen LogP contribution in [0, 0.1) is 0 Å². The molecule has 1 rings (SSSR count). The molecule has 8 heteroatoms. The number of ether oxygens (including phenoxy) is 3. The maximum atomic E-state index is 10.3. The highest BCUT2D eigenvalue weighted by atomic mass is 16.6. The standard InChI is InChI=1S/C10H10O4.C5H8O4/c1-14-9-6-7(2-4-8(9)11)3-5-10(12)13;1-3-9-5(7)4(6)8-2/h2-6,11H,1H3,(H,12,13);3H2,1-2H3/b5-3+;. The number of phenols is 1. The summed E-state index contributed by atoms with van der Waals surface area (Å²) < 4.78 is 13.2. The fourth-order valence-corrected chi connectivity index (χ4v) is 1.24. The van der Waals surface area contributed by atoms with Crippen LogP contribution in [-0.2, 0) is 23.9 Å². The summed E-state index contributed by atoms with van der Waals surface area (Å²) in [4.78, 5) is 30.7. The lowest BCUT2D eigenvalue weighted by Crippen LogP contribution is -2.18. The van der Waals surface area contributed by atoms with Gasteiger partial charge in [0.25, 0.3) is 0 Å². The molecule has 0 bridgehead atoms. The predicted molar refractivity (Wildman–Crippen MR) is 80.0 cm³/mol. The van der Waals surface area contributed by atoms with E-state index < -0.39 is 17.9 Å². The number of rotatable bonds is 4. The van der Waals surface area contributed by atoms with Crippen molar-refractivity contribution in [2.24, 2.45) is 0 Å². The third kappa shape index (κ3) is 8.10. The lowest BCUT2D eigenvalue weighted by molar-refractivity contribution is -0.165. The minimum Gasteiger partial charge on any atom is -0.504 e. The summed E-state index contributed by atoms with van der Waals surface area (Å²) in [5.41, 5.74) is 0.655. The van der Waals surface area contributed by atoms with Gasteiger partial charge in [0.2, 0.25) is 0 Å². The van der Waals surface area contributed by atoms with E-state index in [9.17, 15) is 19.5 Å². The molecule has 0 aliphatic rings. The number of hydrogen-bond acceptors (Lipinski definition) is 7. The Morgan fingerprint density at radius 1 is 1.17 bits per heavy atom. The van der Waals surface area contributed by atoms with E-state index in [2.05, 4.69) is 9.47 Å². The van der Waals surface area contributed by atoms with Crippen LogP contribution in [0.25, 0.3) is 6.08 Å². The Hall–Kier alpha value is -3.03. The summed E-state index contributed by atoms with van der Waals surface area (Å²) in [6.07, 6.45) is 2.44. The van der Waals surface area contributed by atoms with Crippen molar-refractivity contribution in [3.05, 3.63) is 29.8 Å². The Kier molecular flexibility index (Phi) is 9.26. The molecular formula is C15H18O8. The zero-order chi connectivity index (χ0) is 17.8. The largest absolute Gasteiger partial charge is 0.504 e. The Labute approximate surface area is 132 Å². The number of phenolic OH excluding ortho intramolecular Hbond substituents is 1. The lowest BCUT2D eigenvalue weighted by Gasteiger charge is -2.03. The smallest absolute Gasteiger partial charge is 0.417 e. The topological polar surface area (TPSA) is 119 Å². The molecule has 0 aromatic heterocycles. The average Bonchev–Trinajstić information content (AvgIpc) is 2.54. The van der Waals surface area contributed by atoms with Crippen molar-refractivity contribution >= 4 is 24.0 Å². The summed E-state index contributed by atoms with van der Waals surface area (Å²) in [6.45, 7) is 1.80. The second-order valence-electron chi connectivity index (χ2n) is 3.81. The van der Waals surface area contributed by atoms with Crippen molar-refractivity contribution in [1.82, 2.24) is 0 Å². The van der Waals surface area contributed by atoms with E-state index in [-0.39, 0.29) is 12.4 Å². The summed E-state index contributed by atoms with van der Waals surface area (Å²) >= 11 is 0. The van der Waals surface area contributed by atoms with Crippen LogP contribution in [0.4, 0.5) is 0 Å². The van der Waals surface area contributed by atoms with Crippen LogP contribution in [0.1, 0.15) is 12.5 Å². The van der Waals surface area contributed by atoms with E-state index in [0.29, 0.717) is 11.3 Å². The minimum absolute atomic E-state index is 0.0278. The van der Waals surface area contributed by atoms with Crippen LogP contribution in [0.3, 0.4) is 0 Å². The lowest BCUT2D eigenvalue weighted by atomic mass is 10.2. The van der Waals surface area contributed by atoms with Crippen molar-refractivity contribution in [3.8, 4) is 11.5 Å². The summed E-state index contributed by atoms with van der Waals surface area (Å²) in [5.74, 6) is -2.58. The van der Waals surface area contributed by atoms with Crippen molar-refractivity contribution in [3.63, 3.8) is 0 Å². The predicted octanol–water partition coefficient (Wildman–Crippen LogP) is 1.22. The monoisotopic (exact) mass is 326 g/mol. The van der Waals surface area contributed by atoms with Crippen molar-refractivity contribution in [1.29, 1.82) is 0 Å². The van der Waals surface area contributed by atoms with Gasteiger partial charge in [-0.2, -0.15) is 0 Å². The van der Waals surface area contributed by atoms with E-state index in [1.807, 2.05) is 0 Å². The van der Waals surface area contributed by atoms with Crippen LogP contribution in [0.2, 0.25) is 0 Å². The van der Waals surface area contributed by atoms with Gasteiger partial charge in [-0.25, -0.2) is 14.4 Å². The molecule has 0 spiro atoms. The average molecular weight is 326 g/mol. The minimum atomic E-state index is -1.02. The van der Waals surface area contributed by atoms with Gasteiger partial charge in [0.15, 0.2) is 11.5 Å². The molecule has 0 amide bonds. The fourth-order valence-electron chi connectivity index (χ4n) is 1.24. The van der Waals surface area contributed by atoms with Gasteiger partial charge < -0.3 is 24.4 Å². The summed E-state index contributed by atoms with van der Waals surface area (Å²) in [5, 5.41) is 17.6. The van der Waals surface area contributed by atoms with Crippen LogP contribution in [0.5, 0.6) is 11.5 Å². The summed E-state index contributed by atoms with van der Waals surface area (Å²) in [7, 11) is 2.55. The number of carboxylic acid groups (broad SMARTS) is 1. The van der Waals surface area contributed by atoms with Gasteiger partial charge in [0, 0.05) is 6.08 Å². The maximum Gasteiger partial charge on any atom is 0.417 e. The third-order valence-electron chi connectivity index (χ3n) is 2.25. The van der Waals surface area contributed by atoms with Gasteiger partial charge in [-0.1, -0.05) is 6.07 Å². The van der Waals surface area contributed by atoms with Crippen LogP contribution in [0.15, 0.2) is 24.3 Å². The molecule has 0 saturated heterocycles. The van der Waals surface area contributed by atoms with E-state index in [4.69, 9.17) is 9.84 Å². The molecule has 23 heavy (non-hydrogen) atoms. The number of methoxy groups -OCH3 is 2. The molecule has 0 aliphatic carbocycles. The van der Waals surface area contributed by atoms with E-state index >= 15 is 0 Å². The summed E-state index contributed by atoms with van der Waals surface area (Å²) in [6, 6.07) is 4.59. The molecule has 0 radical (unpaired) electrons. The second kappa shape index (κ2) is 10.7. The number of carbonyl (C=O) groups is 3. The van der Waals surface area contributed by atoms with Gasteiger partial charge in [0.05, 0.1) is 20.8 Å².